The van der Waals surface area contributed by atoms with Gasteiger partial charge in [-0.2, -0.15) is 0 Å². The van der Waals surface area contributed by atoms with Gasteiger partial charge in [0.25, 0.3) is 0 Å². The summed E-state index contributed by atoms with van der Waals surface area (Å²) in [4.78, 5) is 17.4. The molecule has 4 heteroatoms. The average molecular weight is 316 g/mol. The molecule has 1 heterocycles. The maximum absolute atomic E-state index is 12.9. The minimum Gasteiger partial charge on any atom is -0.494 e. The Kier molecular flexibility index (Phi) is 5.21. The standard InChI is InChI=1S/C19H28N2O2/c1-3-23-18-10-6-16(7-11-18)14-21(17-8-9-17)19(22)15(2)20-12-4-5-13-20/h6-7,10-11,15,17H,3-5,8-9,12-14H2,1-2H3/t15-/m1/s1. The maximum Gasteiger partial charge on any atom is 0.240 e. The number of amides is 1. The van der Waals surface area contributed by atoms with E-state index in [0.717, 1.165) is 31.7 Å². The van der Waals surface area contributed by atoms with E-state index in [1.54, 1.807) is 0 Å². The van der Waals surface area contributed by atoms with Crippen molar-refractivity contribution in [2.24, 2.45) is 0 Å². The number of hydrogen-bond acceptors (Lipinski definition) is 3. The number of nitrogens with zero attached hydrogens (tertiary/aromatic N) is 2. The molecule has 1 atom stereocenters. The number of carbonyl (C=O) groups is 1. The first kappa shape index (κ1) is 16.3. The summed E-state index contributed by atoms with van der Waals surface area (Å²) in [5.41, 5.74) is 1.18. The molecule has 1 saturated heterocycles. The summed E-state index contributed by atoms with van der Waals surface area (Å²) < 4.78 is 5.49. The minimum absolute atomic E-state index is 0.0146. The zero-order valence-corrected chi connectivity index (χ0v) is 14.3. The molecular formula is C19H28N2O2. The molecule has 1 aromatic carbocycles. The Bertz CT molecular complexity index is 519. The van der Waals surface area contributed by atoms with Crippen molar-refractivity contribution in [3.05, 3.63) is 29.8 Å². The summed E-state index contributed by atoms with van der Waals surface area (Å²) >= 11 is 0. The maximum atomic E-state index is 12.9. The fourth-order valence-corrected chi connectivity index (χ4v) is 3.35. The van der Waals surface area contributed by atoms with Crippen LogP contribution in [0.1, 0.15) is 45.1 Å². The number of rotatable bonds is 7. The van der Waals surface area contributed by atoms with Gasteiger partial charge in [0, 0.05) is 12.6 Å². The van der Waals surface area contributed by atoms with Gasteiger partial charge in [0.05, 0.1) is 12.6 Å². The van der Waals surface area contributed by atoms with Crippen LogP contribution in [0.3, 0.4) is 0 Å². The molecule has 2 aliphatic rings. The fourth-order valence-electron chi connectivity index (χ4n) is 3.35. The van der Waals surface area contributed by atoms with Gasteiger partial charge in [0.2, 0.25) is 5.91 Å². The van der Waals surface area contributed by atoms with E-state index in [0.29, 0.717) is 25.1 Å². The molecule has 1 aromatic rings. The van der Waals surface area contributed by atoms with Crippen molar-refractivity contribution < 1.29 is 9.53 Å². The molecule has 1 saturated carbocycles. The first-order valence-electron chi connectivity index (χ1n) is 8.95. The number of carbonyl (C=O) groups excluding carboxylic acids is 1. The smallest absolute Gasteiger partial charge is 0.240 e. The molecule has 0 N–H and O–H groups in total. The normalized spacial score (nSPS) is 19.6. The Morgan fingerprint density at radius 1 is 1.26 bits per heavy atom. The Labute approximate surface area is 139 Å². The molecule has 2 fully saturated rings. The van der Waals surface area contributed by atoms with Gasteiger partial charge in [-0.15, -0.1) is 0 Å². The summed E-state index contributed by atoms with van der Waals surface area (Å²) in [6.07, 6.45) is 4.74. The van der Waals surface area contributed by atoms with E-state index in [4.69, 9.17) is 4.74 Å². The Morgan fingerprint density at radius 3 is 2.48 bits per heavy atom. The van der Waals surface area contributed by atoms with Crippen LogP contribution in [0.15, 0.2) is 24.3 Å². The van der Waals surface area contributed by atoms with Crippen molar-refractivity contribution in [1.29, 1.82) is 0 Å². The summed E-state index contributed by atoms with van der Waals surface area (Å²) in [7, 11) is 0. The van der Waals surface area contributed by atoms with Crippen molar-refractivity contribution in [2.75, 3.05) is 19.7 Å². The number of benzene rings is 1. The number of hydrogen-bond donors (Lipinski definition) is 0. The van der Waals surface area contributed by atoms with Gasteiger partial charge in [-0.3, -0.25) is 9.69 Å². The van der Waals surface area contributed by atoms with Gasteiger partial charge >= 0.3 is 0 Å². The lowest BCUT2D eigenvalue weighted by Gasteiger charge is -2.30. The molecule has 1 aliphatic carbocycles. The molecule has 4 nitrogen and oxygen atoms in total. The number of likely N-dealkylation sites (tertiary alicyclic amines) is 1. The van der Waals surface area contributed by atoms with Crippen LogP contribution in [0.5, 0.6) is 5.75 Å². The average Bonchev–Trinajstić information content (AvgIpc) is 3.26. The van der Waals surface area contributed by atoms with Crippen molar-refractivity contribution in [2.45, 2.75) is 58.2 Å². The summed E-state index contributed by atoms with van der Waals surface area (Å²) in [6, 6.07) is 8.61. The van der Waals surface area contributed by atoms with Crippen LogP contribution in [-0.2, 0) is 11.3 Å². The third-order valence-electron chi connectivity index (χ3n) is 4.90. The third-order valence-corrected chi connectivity index (χ3v) is 4.90. The first-order chi connectivity index (χ1) is 11.2. The minimum atomic E-state index is 0.0146. The Balaban J connectivity index is 1.65. The van der Waals surface area contributed by atoms with E-state index in [9.17, 15) is 4.79 Å². The highest BCUT2D eigenvalue weighted by Crippen LogP contribution is 2.30. The second-order valence-electron chi connectivity index (χ2n) is 6.69. The zero-order valence-electron chi connectivity index (χ0n) is 14.3. The lowest BCUT2D eigenvalue weighted by Crippen LogP contribution is -2.46. The molecule has 3 rings (SSSR count). The van der Waals surface area contributed by atoms with E-state index in [-0.39, 0.29) is 6.04 Å². The fraction of sp³-hybridized carbons (Fsp3) is 0.632. The van der Waals surface area contributed by atoms with Crippen LogP contribution in [0.25, 0.3) is 0 Å². The molecular weight excluding hydrogens is 288 g/mol. The van der Waals surface area contributed by atoms with Crippen molar-refractivity contribution in [1.82, 2.24) is 9.80 Å². The molecule has 1 amide bonds. The van der Waals surface area contributed by atoms with Gasteiger partial charge in [0.1, 0.15) is 5.75 Å². The predicted octanol–water partition coefficient (Wildman–Crippen LogP) is 3.06. The van der Waals surface area contributed by atoms with Gasteiger partial charge < -0.3 is 9.64 Å². The predicted molar refractivity (Wildman–Crippen MR) is 91.5 cm³/mol. The van der Waals surface area contributed by atoms with Crippen LogP contribution in [0.2, 0.25) is 0 Å². The third kappa shape index (κ3) is 4.05. The second-order valence-corrected chi connectivity index (χ2v) is 6.69. The quantitative estimate of drug-likeness (QED) is 0.775. The highest BCUT2D eigenvalue weighted by atomic mass is 16.5. The highest BCUT2D eigenvalue weighted by Gasteiger charge is 2.36. The zero-order chi connectivity index (χ0) is 16.2. The van der Waals surface area contributed by atoms with Crippen molar-refractivity contribution >= 4 is 5.91 Å². The lowest BCUT2D eigenvalue weighted by molar-refractivity contribution is -0.137. The molecule has 0 radical (unpaired) electrons. The molecule has 23 heavy (non-hydrogen) atoms. The summed E-state index contributed by atoms with van der Waals surface area (Å²) in [5, 5.41) is 0. The molecule has 0 unspecified atom stereocenters. The Hall–Kier alpha value is -1.55. The van der Waals surface area contributed by atoms with E-state index in [2.05, 4.69) is 28.9 Å². The lowest BCUT2D eigenvalue weighted by atomic mass is 10.1. The van der Waals surface area contributed by atoms with Crippen LogP contribution in [-0.4, -0.2) is 47.5 Å². The molecule has 1 aliphatic heterocycles. The van der Waals surface area contributed by atoms with Crippen molar-refractivity contribution in [3.63, 3.8) is 0 Å². The second kappa shape index (κ2) is 7.35. The van der Waals surface area contributed by atoms with Crippen LogP contribution >= 0.6 is 0 Å². The van der Waals surface area contributed by atoms with Gasteiger partial charge in [0.15, 0.2) is 0 Å². The van der Waals surface area contributed by atoms with Gasteiger partial charge in [-0.25, -0.2) is 0 Å². The SMILES string of the molecule is CCOc1ccc(CN(C(=O)[C@@H](C)N2CCCC2)C2CC2)cc1. The summed E-state index contributed by atoms with van der Waals surface area (Å²) in [5.74, 6) is 1.19. The molecule has 0 aromatic heterocycles. The monoisotopic (exact) mass is 316 g/mol. The van der Waals surface area contributed by atoms with E-state index in [1.165, 1.54) is 18.4 Å². The van der Waals surface area contributed by atoms with Crippen LogP contribution in [0, 0.1) is 0 Å². The first-order valence-corrected chi connectivity index (χ1v) is 8.95. The van der Waals surface area contributed by atoms with Crippen molar-refractivity contribution in [3.8, 4) is 5.75 Å². The molecule has 0 spiro atoms. The van der Waals surface area contributed by atoms with Crippen LogP contribution in [0.4, 0.5) is 0 Å². The van der Waals surface area contributed by atoms with E-state index in [1.807, 2.05) is 19.1 Å². The largest absolute Gasteiger partial charge is 0.494 e. The topological polar surface area (TPSA) is 32.8 Å². The van der Waals surface area contributed by atoms with E-state index < -0.39 is 0 Å². The van der Waals surface area contributed by atoms with Gasteiger partial charge in [-0.05, 0) is 70.3 Å². The Morgan fingerprint density at radius 2 is 1.91 bits per heavy atom. The van der Waals surface area contributed by atoms with Gasteiger partial charge in [-0.1, -0.05) is 12.1 Å². The number of ether oxygens (including phenoxy) is 1. The van der Waals surface area contributed by atoms with E-state index >= 15 is 0 Å². The van der Waals surface area contributed by atoms with Crippen LogP contribution < -0.4 is 4.74 Å². The summed E-state index contributed by atoms with van der Waals surface area (Å²) in [6.45, 7) is 7.58. The molecule has 126 valence electrons. The molecule has 0 bridgehead atoms. The highest BCUT2D eigenvalue weighted by molar-refractivity contribution is 5.82.